The average molecular weight is 393 g/mol. The third-order valence-corrected chi connectivity index (χ3v) is 5.89. The molecule has 1 aliphatic rings. The standard InChI is InChI=1S/C22H24N4OS/c1-15-7-9-17(10-8-15)21-23-24-22(28)26(21)14-13-20(27)25(2)19-12-11-16-5-3-4-6-18(16)19/h3-10,19H,11-14H2,1-2H3,(H,24,28)/t19-/m0/s1. The first-order chi connectivity index (χ1) is 13.5. The molecule has 1 aliphatic carbocycles. The second kappa shape index (κ2) is 7.72. The molecule has 28 heavy (non-hydrogen) atoms. The van der Waals surface area contributed by atoms with Crippen molar-refractivity contribution in [2.45, 2.75) is 38.8 Å². The van der Waals surface area contributed by atoms with Gasteiger partial charge in [0.05, 0.1) is 6.04 Å². The van der Waals surface area contributed by atoms with Crippen molar-refractivity contribution in [2.75, 3.05) is 7.05 Å². The zero-order chi connectivity index (χ0) is 19.7. The molecule has 144 valence electrons. The Morgan fingerprint density at radius 1 is 1.25 bits per heavy atom. The van der Waals surface area contributed by atoms with Crippen LogP contribution in [0.5, 0.6) is 0 Å². The molecule has 0 saturated heterocycles. The SMILES string of the molecule is Cc1ccc(-c2n[nH]c(=S)n2CCC(=O)N(C)[C@H]2CCc3ccccc32)cc1. The number of amides is 1. The Hall–Kier alpha value is -2.73. The topological polar surface area (TPSA) is 53.9 Å². The molecule has 0 unspecified atom stereocenters. The largest absolute Gasteiger partial charge is 0.339 e. The van der Waals surface area contributed by atoms with Gasteiger partial charge in [-0.05, 0) is 43.1 Å². The monoisotopic (exact) mass is 392 g/mol. The lowest BCUT2D eigenvalue weighted by Crippen LogP contribution is -2.30. The van der Waals surface area contributed by atoms with Gasteiger partial charge in [-0.15, -0.1) is 0 Å². The molecule has 1 amide bonds. The van der Waals surface area contributed by atoms with Crippen LogP contribution in [-0.2, 0) is 17.8 Å². The van der Waals surface area contributed by atoms with Crippen LogP contribution in [0, 0.1) is 11.7 Å². The molecule has 1 heterocycles. The molecule has 3 aromatic rings. The number of aromatic amines is 1. The maximum absolute atomic E-state index is 12.9. The van der Waals surface area contributed by atoms with E-state index in [0.29, 0.717) is 17.7 Å². The number of benzene rings is 2. The predicted octanol–water partition coefficient (Wildman–Crippen LogP) is 4.45. The second-order valence-corrected chi connectivity index (χ2v) is 7.76. The summed E-state index contributed by atoms with van der Waals surface area (Å²) in [6.07, 6.45) is 2.41. The van der Waals surface area contributed by atoms with Gasteiger partial charge < -0.3 is 4.90 Å². The van der Waals surface area contributed by atoms with Crippen LogP contribution < -0.4 is 0 Å². The molecule has 5 nitrogen and oxygen atoms in total. The Balaban J connectivity index is 1.48. The molecular weight excluding hydrogens is 368 g/mol. The number of carbonyl (C=O) groups excluding carboxylic acids is 1. The van der Waals surface area contributed by atoms with Crippen molar-refractivity contribution >= 4 is 18.1 Å². The summed E-state index contributed by atoms with van der Waals surface area (Å²) in [5, 5.41) is 7.23. The predicted molar refractivity (Wildman–Crippen MR) is 112 cm³/mol. The number of hydrogen-bond donors (Lipinski definition) is 1. The Kier molecular flexibility index (Phi) is 5.13. The van der Waals surface area contributed by atoms with Crippen LogP contribution in [0.4, 0.5) is 0 Å². The molecule has 4 rings (SSSR count). The summed E-state index contributed by atoms with van der Waals surface area (Å²) in [6, 6.07) is 16.7. The normalized spacial score (nSPS) is 15.4. The Morgan fingerprint density at radius 3 is 2.79 bits per heavy atom. The maximum atomic E-state index is 12.9. The first-order valence-electron chi connectivity index (χ1n) is 9.60. The van der Waals surface area contributed by atoms with Crippen LogP contribution >= 0.6 is 12.2 Å². The molecule has 0 fully saturated rings. The highest BCUT2D eigenvalue weighted by atomic mass is 32.1. The minimum absolute atomic E-state index is 0.125. The summed E-state index contributed by atoms with van der Waals surface area (Å²) in [5.41, 5.74) is 4.81. The van der Waals surface area contributed by atoms with E-state index in [1.54, 1.807) is 0 Å². The first kappa shape index (κ1) is 18.6. The fourth-order valence-electron chi connectivity index (χ4n) is 3.94. The number of fused-ring (bicyclic) bond motifs is 1. The maximum Gasteiger partial charge on any atom is 0.224 e. The van der Waals surface area contributed by atoms with Crippen molar-refractivity contribution in [3.05, 3.63) is 70.0 Å². The number of aryl methyl sites for hydroxylation is 2. The van der Waals surface area contributed by atoms with Gasteiger partial charge in [0.25, 0.3) is 0 Å². The van der Waals surface area contributed by atoms with E-state index in [9.17, 15) is 4.79 Å². The molecule has 1 atom stereocenters. The quantitative estimate of drug-likeness (QED) is 0.653. The third kappa shape index (κ3) is 3.52. The van der Waals surface area contributed by atoms with E-state index in [-0.39, 0.29) is 11.9 Å². The Labute approximate surface area is 170 Å². The molecule has 0 saturated carbocycles. The summed E-state index contributed by atoms with van der Waals surface area (Å²) in [7, 11) is 1.91. The van der Waals surface area contributed by atoms with Gasteiger partial charge in [0, 0.05) is 25.6 Å². The van der Waals surface area contributed by atoms with E-state index >= 15 is 0 Å². The number of H-pyrrole nitrogens is 1. The van der Waals surface area contributed by atoms with Gasteiger partial charge in [0.2, 0.25) is 5.91 Å². The van der Waals surface area contributed by atoms with Crippen molar-refractivity contribution in [2.24, 2.45) is 0 Å². The number of carbonyl (C=O) groups is 1. The Bertz CT molecular complexity index is 1050. The third-order valence-electron chi connectivity index (χ3n) is 5.58. The molecule has 1 aromatic heterocycles. The molecule has 0 spiro atoms. The van der Waals surface area contributed by atoms with E-state index in [1.807, 2.05) is 46.8 Å². The average Bonchev–Trinajstić information content (AvgIpc) is 3.30. The van der Waals surface area contributed by atoms with E-state index in [2.05, 4.69) is 35.3 Å². The fraction of sp³-hybridized carbons (Fsp3) is 0.318. The van der Waals surface area contributed by atoms with Crippen LogP contribution in [0.1, 0.15) is 35.6 Å². The van der Waals surface area contributed by atoms with E-state index < -0.39 is 0 Å². The minimum Gasteiger partial charge on any atom is -0.339 e. The summed E-state index contributed by atoms with van der Waals surface area (Å²) in [6.45, 7) is 2.56. The Morgan fingerprint density at radius 2 is 2.00 bits per heavy atom. The highest BCUT2D eigenvalue weighted by Gasteiger charge is 2.28. The molecule has 6 heteroatoms. The molecule has 0 radical (unpaired) electrons. The molecule has 1 N–H and O–H groups in total. The van der Waals surface area contributed by atoms with Gasteiger partial charge in [0.15, 0.2) is 10.6 Å². The summed E-state index contributed by atoms with van der Waals surface area (Å²) in [4.78, 5) is 14.8. The van der Waals surface area contributed by atoms with Gasteiger partial charge in [-0.25, -0.2) is 0 Å². The number of nitrogens with zero attached hydrogens (tertiary/aromatic N) is 3. The first-order valence-corrected chi connectivity index (χ1v) is 10.0. The van der Waals surface area contributed by atoms with Crippen molar-refractivity contribution < 1.29 is 4.79 Å². The van der Waals surface area contributed by atoms with Crippen LogP contribution in [0.3, 0.4) is 0 Å². The van der Waals surface area contributed by atoms with E-state index in [4.69, 9.17) is 12.2 Å². The smallest absolute Gasteiger partial charge is 0.224 e. The minimum atomic E-state index is 0.125. The lowest BCUT2D eigenvalue weighted by atomic mass is 10.1. The van der Waals surface area contributed by atoms with Crippen LogP contribution in [0.25, 0.3) is 11.4 Å². The summed E-state index contributed by atoms with van der Waals surface area (Å²) >= 11 is 5.40. The zero-order valence-electron chi connectivity index (χ0n) is 16.2. The van der Waals surface area contributed by atoms with Crippen LogP contribution in [-0.4, -0.2) is 32.6 Å². The fourth-order valence-corrected chi connectivity index (χ4v) is 4.17. The lowest BCUT2D eigenvalue weighted by Gasteiger charge is -2.25. The molecule has 2 aromatic carbocycles. The molecular formula is C22H24N4OS. The van der Waals surface area contributed by atoms with Crippen molar-refractivity contribution in [3.8, 4) is 11.4 Å². The van der Waals surface area contributed by atoms with E-state index in [1.165, 1.54) is 16.7 Å². The summed E-state index contributed by atoms with van der Waals surface area (Å²) < 4.78 is 2.45. The van der Waals surface area contributed by atoms with Gasteiger partial charge in [-0.2, -0.15) is 5.10 Å². The lowest BCUT2D eigenvalue weighted by molar-refractivity contribution is -0.132. The molecule has 0 bridgehead atoms. The number of nitrogens with one attached hydrogen (secondary N) is 1. The zero-order valence-corrected chi connectivity index (χ0v) is 17.0. The van der Waals surface area contributed by atoms with E-state index in [0.717, 1.165) is 24.2 Å². The van der Waals surface area contributed by atoms with Crippen molar-refractivity contribution in [3.63, 3.8) is 0 Å². The molecule has 0 aliphatic heterocycles. The van der Waals surface area contributed by atoms with Gasteiger partial charge in [-0.3, -0.25) is 14.5 Å². The van der Waals surface area contributed by atoms with Crippen LogP contribution in [0.15, 0.2) is 48.5 Å². The van der Waals surface area contributed by atoms with Crippen molar-refractivity contribution in [1.82, 2.24) is 19.7 Å². The number of hydrogen-bond acceptors (Lipinski definition) is 3. The van der Waals surface area contributed by atoms with Gasteiger partial charge in [0.1, 0.15) is 0 Å². The highest BCUT2D eigenvalue weighted by molar-refractivity contribution is 7.71. The summed E-state index contributed by atoms with van der Waals surface area (Å²) in [5.74, 6) is 0.895. The number of aromatic nitrogens is 3. The second-order valence-electron chi connectivity index (χ2n) is 7.38. The van der Waals surface area contributed by atoms with Gasteiger partial charge in [-0.1, -0.05) is 54.1 Å². The van der Waals surface area contributed by atoms with Crippen LogP contribution in [0.2, 0.25) is 0 Å². The number of rotatable bonds is 5. The van der Waals surface area contributed by atoms with Crippen molar-refractivity contribution in [1.29, 1.82) is 0 Å². The van der Waals surface area contributed by atoms with Gasteiger partial charge >= 0.3 is 0 Å². The highest BCUT2D eigenvalue weighted by Crippen LogP contribution is 2.35.